The molecule has 1 heterocycles. The van der Waals surface area contributed by atoms with E-state index in [0.717, 1.165) is 43.5 Å². The third-order valence-electron chi connectivity index (χ3n) is 5.18. The highest BCUT2D eigenvalue weighted by molar-refractivity contribution is 5.74. The highest BCUT2D eigenvalue weighted by atomic mass is 16.5. The Balaban J connectivity index is 1.46. The Hall–Kier alpha value is -1.75. The number of amides is 2. The maximum absolute atomic E-state index is 12.3. The van der Waals surface area contributed by atoms with Gasteiger partial charge in [-0.1, -0.05) is 25.0 Å². The van der Waals surface area contributed by atoms with E-state index in [1.807, 2.05) is 18.2 Å². The molecule has 3 rings (SSSR count). The third kappa shape index (κ3) is 5.11. The van der Waals surface area contributed by atoms with Crippen LogP contribution < -0.4 is 16.0 Å². The van der Waals surface area contributed by atoms with Crippen molar-refractivity contribution in [3.63, 3.8) is 0 Å². The number of rotatable bonds is 5. The molecule has 2 aliphatic rings. The highest BCUT2D eigenvalue weighted by Crippen LogP contribution is 2.39. The number of hydrogen-bond donors (Lipinski definition) is 3. The van der Waals surface area contributed by atoms with Crippen LogP contribution in [0.3, 0.4) is 0 Å². The summed E-state index contributed by atoms with van der Waals surface area (Å²) in [4.78, 5) is 12.3. The molecular weight excluding hydrogens is 314 g/mol. The van der Waals surface area contributed by atoms with Crippen molar-refractivity contribution in [2.75, 3.05) is 11.9 Å². The maximum Gasteiger partial charge on any atom is 0.315 e. The predicted molar refractivity (Wildman–Crippen MR) is 101 cm³/mol. The minimum absolute atomic E-state index is 0.0348. The molecule has 0 bridgehead atoms. The fourth-order valence-electron chi connectivity index (χ4n) is 4.04. The molecule has 1 saturated carbocycles. The second-order valence-corrected chi connectivity index (χ2v) is 7.75. The van der Waals surface area contributed by atoms with E-state index in [-0.39, 0.29) is 17.7 Å². The van der Waals surface area contributed by atoms with E-state index in [9.17, 15) is 4.79 Å². The second-order valence-electron chi connectivity index (χ2n) is 7.75. The summed E-state index contributed by atoms with van der Waals surface area (Å²) in [5.74, 6) is 0. The van der Waals surface area contributed by atoms with Crippen LogP contribution in [0.25, 0.3) is 0 Å². The van der Waals surface area contributed by atoms with Crippen LogP contribution >= 0.6 is 0 Å². The molecule has 2 amide bonds. The first-order valence-corrected chi connectivity index (χ1v) is 9.58. The van der Waals surface area contributed by atoms with E-state index in [1.54, 1.807) is 0 Å². The Kier molecular flexibility index (Phi) is 5.84. The van der Waals surface area contributed by atoms with E-state index >= 15 is 0 Å². The van der Waals surface area contributed by atoms with Gasteiger partial charge in [0, 0.05) is 30.9 Å². The molecule has 1 aliphatic carbocycles. The summed E-state index contributed by atoms with van der Waals surface area (Å²) in [6, 6.07) is 8.72. The second kappa shape index (κ2) is 8.09. The average molecular weight is 345 g/mol. The van der Waals surface area contributed by atoms with Crippen LogP contribution in [-0.4, -0.2) is 30.3 Å². The summed E-state index contributed by atoms with van der Waals surface area (Å²) in [7, 11) is 0. The van der Waals surface area contributed by atoms with Crippen molar-refractivity contribution in [2.24, 2.45) is 0 Å². The van der Waals surface area contributed by atoms with Gasteiger partial charge < -0.3 is 20.7 Å². The number of carbonyl (C=O) groups is 1. The van der Waals surface area contributed by atoms with Gasteiger partial charge in [-0.2, -0.15) is 0 Å². The van der Waals surface area contributed by atoms with Gasteiger partial charge in [0.2, 0.25) is 0 Å². The fraction of sp³-hybridized carbons (Fsp3) is 0.650. The number of anilines is 1. The smallest absolute Gasteiger partial charge is 0.315 e. The summed E-state index contributed by atoms with van der Waals surface area (Å²) in [5.41, 5.74) is 2.22. The molecule has 1 spiro atoms. The molecule has 138 valence electrons. The van der Waals surface area contributed by atoms with E-state index in [4.69, 9.17) is 4.74 Å². The van der Waals surface area contributed by atoms with Crippen molar-refractivity contribution in [3.8, 4) is 0 Å². The number of nitrogens with one attached hydrogen (secondary N) is 3. The minimum atomic E-state index is -0.0812. The van der Waals surface area contributed by atoms with E-state index < -0.39 is 0 Å². The van der Waals surface area contributed by atoms with Gasteiger partial charge in [-0.05, 0) is 57.2 Å². The van der Waals surface area contributed by atoms with Gasteiger partial charge in [0.25, 0.3) is 0 Å². The van der Waals surface area contributed by atoms with Crippen molar-refractivity contribution in [1.29, 1.82) is 0 Å². The lowest BCUT2D eigenvalue weighted by molar-refractivity contribution is -0.0820. The summed E-state index contributed by atoms with van der Waals surface area (Å²) in [5, 5.41) is 9.51. The standard InChI is InChI=1S/C20H31N3O2/c1-15(2)22-17-7-5-6-16(12-17)14-21-19(24)23-18-8-11-25-20(13-18)9-3-4-10-20/h5-7,12,15,18,22H,3-4,8-11,13-14H2,1-2H3,(H2,21,23,24). The summed E-state index contributed by atoms with van der Waals surface area (Å²) < 4.78 is 6.03. The number of urea groups is 1. The van der Waals surface area contributed by atoms with Crippen LogP contribution in [0, 0.1) is 0 Å². The van der Waals surface area contributed by atoms with Crippen LogP contribution in [0.2, 0.25) is 0 Å². The molecule has 1 aromatic carbocycles. The lowest BCUT2D eigenvalue weighted by Crippen LogP contribution is -2.49. The predicted octanol–water partition coefficient (Wildman–Crippen LogP) is 3.80. The normalized spacial score (nSPS) is 22.1. The first kappa shape index (κ1) is 18.1. The largest absolute Gasteiger partial charge is 0.383 e. The zero-order chi connectivity index (χ0) is 17.7. The minimum Gasteiger partial charge on any atom is -0.383 e. The molecule has 0 aromatic heterocycles. The van der Waals surface area contributed by atoms with Gasteiger partial charge in [-0.3, -0.25) is 0 Å². The molecule has 0 radical (unpaired) electrons. The third-order valence-corrected chi connectivity index (χ3v) is 5.18. The summed E-state index contributed by atoms with van der Waals surface area (Å²) in [6.45, 7) is 5.52. The van der Waals surface area contributed by atoms with Gasteiger partial charge in [0.05, 0.1) is 5.60 Å². The molecule has 1 unspecified atom stereocenters. The van der Waals surface area contributed by atoms with Crippen molar-refractivity contribution < 1.29 is 9.53 Å². The molecule has 1 saturated heterocycles. The topological polar surface area (TPSA) is 62.4 Å². The van der Waals surface area contributed by atoms with Crippen molar-refractivity contribution >= 4 is 11.7 Å². The maximum atomic E-state index is 12.3. The summed E-state index contributed by atoms with van der Waals surface area (Å²) >= 11 is 0. The Morgan fingerprint density at radius 1 is 1.32 bits per heavy atom. The number of carbonyl (C=O) groups excluding carboxylic acids is 1. The van der Waals surface area contributed by atoms with Gasteiger partial charge in [0.1, 0.15) is 0 Å². The quantitative estimate of drug-likeness (QED) is 0.761. The van der Waals surface area contributed by atoms with Gasteiger partial charge >= 0.3 is 6.03 Å². The molecule has 1 aromatic rings. The lowest BCUT2D eigenvalue weighted by atomic mass is 9.89. The van der Waals surface area contributed by atoms with Crippen LogP contribution in [0.5, 0.6) is 0 Å². The van der Waals surface area contributed by atoms with Crippen LogP contribution in [0.1, 0.15) is 57.9 Å². The Morgan fingerprint density at radius 2 is 2.12 bits per heavy atom. The molecule has 2 fully saturated rings. The van der Waals surface area contributed by atoms with E-state index in [1.165, 1.54) is 12.8 Å². The lowest BCUT2D eigenvalue weighted by Gasteiger charge is -2.38. The molecular formula is C20H31N3O2. The van der Waals surface area contributed by atoms with Crippen molar-refractivity contribution in [3.05, 3.63) is 29.8 Å². The molecule has 1 aliphatic heterocycles. The molecule has 1 atom stereocenters. The zero-order valence-corrected chi connectivity index (χ0v) is 15.4. The van der Waals surface area contributed by atoms with Crippen LogP contribution in [-0.2, 0) is 11.3 Å². The van der Waals surface area contributed by atoms with E-state index in [0.29, 0.717) is 12.6 Å². The zero-order valence-electron chi connectivity index (χ0n) is 15.4. The van der Waals surface area contributed by atoms with Gasteiger partial charge in [0.15, 0.2) is 0 Å². The van der Waals surface area contributed by atoms with E-state index in [2.05, 4.69) is 35.9 Å². The summed E-state index contributed by atoms with van der Waals surface area (Å²) in [6.07, 6.45) is 6.64. The van der Waals surface area contributed by atoms with Crippen LogP contribution in [0.15, 0.2) is 24.3 Å². The average Bonchev–Trinajstić information content (AvgIpc) is 3.00. The molecule has 3 N–H and O–H groups in total. The molecule has 5 heteroatoms. The number of hydrogen-bond acceptors (Lipinski definition) is 3. The first-order chi connectivity index (χ1) is 12.0. The molecule has 25 heavy (non-hydrogen) atoms. The SMILES string of the molecule is CC(C)Nc1cccc(CNC(=O)NC2CCOC3(CCCC3)C2)c1. The fourth-order valence-corrected chi connectivity index (χ4v) is 4.04. The van der Waals surface area contributed by atoms with Gasteiger partial charge in [-0.15, -0.1) is 0 Å². The number of ether oxygens (including phenoxy) is 1. The van der Waals surface area contributed by atoms with Gasteiger partial charge in [-0.25, -0.2) is 4.79 Å². The van der Waals surface area contributed by atoms with Crippen LogP contribution in [0.4, 0.5) is 10.5 Å². The Labute approximate surface area is 150 Å². The first-order valence-electron chi connectivity index (χ1n) is 9.58. The van der Waals surface area contributed by atoms with Crippen molar-refractivity contribution in [2.45, 2.75) is 76.6 Å². The Morgan fingerprint density at radius 3 is 2.88 bits per heavy atom. The Bertz CT molecular complexity index is 582. The molecule has 5 nitrogen and oxygen atoms in total. The number of benzene rings is 1. The highest BCUT2D eigenvalue weighted by Gasteiger charge is 2.40. The monoisotopic (exact) mass is 345 g/mol. The van der Waals surface area contributed by atoms with Crippen molar-refractivity contribution in [1.82, 2.24) is 10.6 Å².